The smallest absolute Gasteiger partial charge is 0.243 e. The Balaban J connectivity index is 2.27. The summed E-state index contributed by atoms with van der Waals surface area (Å²) < 4.78 is 0.994. The van der Waals surface area contributed by atoms with Crippen molar-refractivity contribution in [3.63, 3.8) is 0 Å². The fourth-order valence-corrected chi connectivity index (χ4v) is 2.01. The molecule has 1 rings (SSSR count). The summed E-state index contributed by atoms with van der Waals surface area (Å²) in [5, 5.41) is 11.7. The van der Waals surface area contributed by atoms with E-state index in [4.69, 9.17) is 5.11 Å². The quantitative estimate of drug-likeness (QED) is 0.598. The van der Waals surface area contributed by atoms with Gasteiger partial charge < -0.3 is 10.4 Å². The van der Waals surface area contributed by atoms with Crippen molar-refractivity contribution < 1.29 is 9.90 Å². The second kappa shape index (κ2) is 8.88. The molecular weight excluding hydrogens is 306 g/mol. The highest BCUT2D eigenvalue weighted by Gasteiger charge is 2.00. The lowest BCUT2D eigenvalue weighted by molar-refractivity contribution is -0.116. The Kier molecular flexibility index (Phi) is 7.45. The molecule has 0 radical (unpaired) electrons. The highest BCUT2D eigenvalue weighted by atomic mass is 79.9. The summed E-state index contributed by atoms with van der Waals surface area (Å²) in [4.78, 5) is 11.6. The van der Waals surface area contributed by atoms with Crippen molar-refractivity contribution in [1.29, 1.82) is 0 Å². The Morgan fingerprint density at radius 1 is 1.53 bits per heavy atom. The Labute approximate surface area is 122 Å². The van der Waals surface area contributed by atoms with Crippen LogP contribution >= 0.6 is 15.9 Å². The molecular formula is C15H20BrNO2. The molecule has 1 aromatic carbocycles. The zero-order chi connectivity index (χ0) is 14.1. The first-order valence-corrected chi connectivity index (χ1v) is 7.23. The standard InChI is InChI=1S/C15H20BrNO2/c1-12(11-18)4-3-9-17-15(19)8-7-13-5-2-6-14(16)10-13/h2,5-8,10,12,18H,3-4,9,11H2,1H3,(H,17,19)/b8-7+. The first kappa shape index (κ1) is 15.9. The van der Waals surface area contributed by atoms with Crippen molar-refractivity contribution in [3.8, 4) is 0 Å². The second-order valence-corrected chi connectivity index (χ2v) is 5.53. The van der Waals surface area contributed by atoms with Gasteiger partial charge in [-0.3, -0.25) is 4.79 Å². The van der Waals surface area contributed by atoms with Gasteiger partial charge in [0.05, 0.1) is 0 Å². The lowest BCUT2D eigenvalue weighted by atomic mass is 10.1. The molecule has 0 aliphatic rings. The Morgan fingerprint density at radius 2 is 2.32 bits per heavy atom. The van der Waals surface area contributed by atoms with Crippen LogP contribution < -0.4 is 5.32 Å². The van der Waals surface area contributed by atoms with Crippen LogP contribution in [0.15, 0.2) is 34.8 Å². The van der Waals surface area contributed by atoms with Gasteiger partial charge in [0.25, 0.3) is 0 Å². The summed E-state index contributed by atoms with van der Waals surface area (Å²) in [6.45, 7) is 2.84. The molecule has 0 aliphatic heterocycles. The molecule has 19 heavy (non-hydrogen) atoms. The molecule has 3 nitrogen and oxygen atoms in total. The molecule has 0 saturated heterocycles. The molecule has 0 saturated carbocycles. The molecule has 4 heteroatoms. The summed E-state index contributed by atoms with van der Waals surface area (Å²) in [6.07, 6.45) is 5.14. The van der Waals surface area contributed by atoms with Crippen molar-refractivity contribution in [1.82, 2.24) is 5.32 Å². The number of aliphatic hydroxyl groups is 1. The lowest BCUT2D eigenvalue weighted by Crippen LogP contribution is -2.22. The highest BCUT2D eigenvalue weighted by molar-refractivity contribution is 9.10. The SMILES string of the molecule is CC(CO)CCCNC(=O)/C=C/c1cccc(Br)c1. The van der Waals surface area contributed by atoms with Gasteiger partial charge in [0, 0.05) is 23.7 Å². The Bertz CT molecular complexity index is 432. The summed E-state index contributed by atoms with van der Waals surface area (Å²) in [7, 11) is 0. The van der Waals surface area contributed by atoms with E-state index in [9.17, 15) is 4.79 Å². The Morgan fingerprint density at radius 3 is 3.00 bits per heavy atom. The van der Waals surface area contributed by atoms with Gasteiger partial charge in [0.1, 0.15) is 0 Å². The third-order valence-electron chi connectivity index (χ3n) is 2.76. The second-order valence-electron chi connectivity index (χ2n) is 4.61. The van der Waals surface area contributed by atoms with Crippen molar-refractivity contribution >= 4 is 27.9 Å². The first-order chi connectivity index (χ1) is 9.11. The lowest BCUT2D eigenvalue weighted by Gasteiger charge is -2.07. The number of halogens is 1. The maximum absolute atomic E-state index is 11.6. The van der Waals surface area contributed by atoms with Crippen LogP contribution in [0.3, 0.4) is 0 Å². The van der Waals surface area contributed by atoms with E-state index < -0.39 is 0 Å². The first-order valence-electron chi connectivity index (χ1n) is 6.44. The van der Waals surface area contributed by atoms with Gasteiger partial charge >= 0.3 is 0 Å². The molecule has 0 spiro atoms. The maximum Gasteiger partial charge on any atom is 0.243 e. The number of carbonyl (C=O) groups is 1. The number of rotatable bonds is 7. The summed E-state index contributed by atoms with van der Waals surface area (Å²) in [5.74, 6) is 0.214. The van der Waals surface area contributed by atoms with Crippen molar-refractivity contribution in [2.24, 2.45) is 5.92 Å². The number of benzene rings is 1. The number of carbonyl (C=O) groups excluding carboxylic acids is 1. The number of hydrogen-bond acceptors (Lipinski definition) is 2. The van der Waals surface area contributed by atoms with E-state index in [2.05, 4.69) is 21.2 Å². The largest absolute Gasteiger partial charge is 0.396 e. The van der Waals surface area contributed by atoms with Crippen LogP contribution in [0.4, 0.5) is 0 Å². The number of aliphatic hydroxyl groups excluding tert-OH is 1. The Hall–Kier alpha value is -1.13. The average Bonchev–Trinajstić information content (AvgIpc) is 2.41. The van der Waals surface area contributed by atoms with E-state index in [-0.39, 0.29) is 12.5 Å². The molecule has 0 fully saturated rings. The van der Waals surface area contributed by atoms with Gasteiger partial charge in [0.2, 0.25) is 5.91 Å². The topological polar surface area (TPSA) is 49.3 Å². The fraction of sp³-hybridized carbons (Fsp3) is 0.400. The minimum atomic E-state index is -0.0865. The van der Waals surface area contributed by atoms with E-state index in [1.165, 1.54) is 6.08 Å². The van der Waals surface area contributed by atoms with E-state index in [1.807, 2.05) is 31.2 Å². The van der Waals surface area contributed by atoms with Crippen molar-refractivity contribution in [2.75, 3.05) is 13.2 Å². The van der Waals surface area contributed by atoms with Gasteiger partial charge in [-0.1, -0.05) is 35.0 Å². The summed E-state index contributed by atoms with van der Waals surface area (Å²) in [6, 6.07) is 7.77. The minimum absolute atomic E-state index is 0.0865. The van der Waals surface area contributed by atoms with Crippen LogP contribution in [0.5, 0.6) is 0 Å². The zero-order valence-corrected chi connectivity index (χ0v) is 12.7. The molecule has 1 aromatic rings. The molecule has 1 unspecified atom stereocenters. The zero-order valence-electron chi connectivity index (χ0n) is 11.1. The molecule has 0 aromatic heterocycles. The van der Waals surface area contributed by atoms with Crippen LogP contribution in [-0.2, 0) is 4.79 Å². The minimum Gasteiger partial charge on any atom is -0.396 e. The average molecular weight is 326 g/mol. The van der Waals surface area contributed by atoms with Crippen LogP contribution in [-0.4, -0.2) is 24.2 Å². The van der Waals surface area contributed by atoms with E-state index in [0.717, 1.165) is 22.9 Å². The van der Waals surface area contributed by atoms with E-state index >= 15 is 0 Å². The molecule has 0 aliphatic carbocycles. The van der Waals surface area contributed by atoms with Crippen LogP contribution in [0.2, 0.25) is 0 Å². The maximum atomic E-state index is 11.6. The molecule has 0 bridgehead atoms. The van der Waals surface area contributed by atoms with Crippen molar-refractivity contribution in [3.05, 3.63) is 40.4 Å². The van der Waals surface area contributed by atoms with Gasteiger partial charge in [0.15, 0.2) is 0 Å². The highest BCUT2D eigenvalue weighted by Crippen LogP contribution is 2.12. The normalized spacial score (nSPS) is 12.6. The molecule has 1 atom stereocenters. The number of amides is 1. The van der Waals surface area contributed by atoms with Gasteiger partial charge in [-0.15, -0.1) is 0 Å². The molecule has 104 valence electrons. The third kappa shape index (κ3) is 7.13. The van der Waals surface area contributed by atoms with Crippen LogP contribution in [0, 0.1) is 5.92 Å². The van der Waals surface area contributed by atoms with Crippen LogP contribution in [0.25, 0.3) is 6.08 Å². The summed E-state index contributed by atoms with van der Waals surface area (Å²) in [5.41, 5.74) is 0.985. The van der Waals surface area contributed by atoms with Crippen LogP contribution in [0.1, 0.15) is 25.3 Å². The molecule has 0 heterocycles. The monoisotopic (exact) mass is 325 g/mol. The van der Waals surface area contributed by atoms with Gasteiger partial charge in [-0.25, -0.2) is 0 Å². The predicted molar refractivity (Wildman–Crippen MR) is 81.7 cm³/mol. The molecule has 2 N–H and O–H groups in total. The fourth-order valence-electron chi connectivity index (χ4n) is 1.59. The third-order valence-corrected chi connectivity index (χ3v) is 3.25. The number of nitrogens with one attached hydrogen (secondary N) is 1. The molecule has 1 amide bonds. The van der Waals surface area contributed by atoms with Crippen molar-refractivity contribution in [2.45, 2.75) is 19.8 Å². The van der Waals surface area contributed by atoms with Gasteiger partial charge in [-0.2, -0.15) is 0 Å². The van der Waals surface area contributed by atoms with E-state index in [1.54, 1.807) is 6.08 Å². The predicted octanol–water partition coefficient (Wildman–Crippen LogP) is 2.99. The summed E-state index contributed by atoms with van der Waals surface area (Å²) >= 11 is 3.39. The van der Waals surface area contributed by atoms with E-state index in [0.29, 0.717) is 12.5 Å². The number of hydrogen-bond donors (Lipinski definition) is 2. The van der Waals surface area contributed by atoms with Gasteiger partial charge in [-0.05, 0) is 42.5 Å².